The fraction of sp³-hybridized carbons (Fsp3) is 0.769. The molecule has 7 heteroatoms. The van der Waals surface area contributed by atoms with Gasteiger partial charge in [-0.1, -0.05) is 0 Å². The number of piperidine rings is 2. The number of hydrogen-bond acceptors (Lipinski definition) is 3. The van der Waals surface area contributed by atoms with Crippen molar-refractivity contribution in [1.82, 2.24) is 15.5 Å². The van der Waals surface area contributed by atoms with Gasteiger partial charge < -0.3 is 20.6 Å². The Bertz CT molecular complexity index is 412. The number of likely N-dealkylation sites (tertiary alicyclic amines) is 1. The maximum Gasteiger partial charge on any atom is 0.318 e. The maximum atomic E-state index is 12.2. The van der Waals surface area contributed by atoms with E-state index in [1.165, 1.54) is 0 Å². The highest BCUT2D eigenvalue weighted by Gasteiger charge is 2.34. The first kappa shape index (κ1) is 14.6. The summed E-state index contributed by atoms with van der Waals surface area (Å²) in [4.78, 5) is 36.4. The third-order valence-corrected chi connectivity index (χ3v) is 4.07. The smallest absolute Gasteiger partial charge is 0.318 e. The van der Waals surface area contributed by atoms with Gasteiger partial charge in [0.05, 0.1) is 5.92 Å². The van der Waals surface area contributed by atoms with E-state index in [4.69, 9.17) is 5.11 Å². The van der Waals surface area contributed by atoms with Gasteiger partial charge in [0, 0.05) is 19.1 Å². The molecule has 0 aromatic heterocycles. The number of carbonyl (C=O) groups excluding carboxylic acids is 2. The number of nitrogens with zero attached hydrogens (tertiary/aromatic N) is 1. The van der Waals surface area contributed by atoms with Gasteiger partial charge in [-0.2, -0.15) is 0 Å². The summed E-state index contributed by atoms with van der Waals surface area (Å²) in [5.41, 5.74) is 0. The highest BCUT2D eigenvalue weighted by molar-refractivity contribution is 5.87. The lowest BCUT2D eigenvalue weighted by Gasteiger charge is -2.37. The molecule has 2 heterocycles. The van der Waals surface area contributed by atoms with Gasteiger partial charge >= 0.3 is 12.0 Å². The molecule has 112 valence electrons. The van der Waals surface area contributed by atoms with Crippen molar-refractivity contribution >= 4 is 17.9 Å². The molecule has 0 aromatic carbocycles. The van der Waals surface area contributed by atoms with Crippen molar-refractivity contribution < 1.29 is 19.5 Å². The highest BCUT2D eigenvalue weighted by atomic mass is 16.4. The number of aliphatic carboxylic acids is 1. The quantitative estimate of drug-likeness (QED) is 0.672. The Hall–Kier alpha value is -1.79. The Morgan fingerprint density at radius 1 is 1.40 bits per heavy atom. The normalized spacial score (nSPS) is 30.6. The van der Waals surface area contributed by atoms with E-state index in [1.807, 2.05) is 6.92 Å². The van der Waals surface area contributed by atoms with Crippen LogP contribution in [0.15, 0.2) is 0 Å². The fourth-order valence-corrected chi connectivity index (χ4v) is 2.84. The SMILES string of the molecule is CC1CC(C(=O)O)CCN1C(=O)NC1CCCNC1=O. The first-order chi connectivity index (χ1) is 9.49. The molecule has 2 rings (SSSR count). The lowest BCUT2D eigenvalue weighted by molar-refractivity contribution is -0.143. The molecular formula is C13H21N3O4. The monoisotopic (exact) mass is 283 g/mol. The van der Waals surface area contributed by atoms with Gasteiger partial charge in [-0.05, 0) is 32.6 Å². The second-order valence-corrected chi connectivity index (χ2v) is 5.54. The van der Waals surface area contributed by atoms with Crippen LogP contribution in [0.3, 0.4) is 0 Å². The molecule has 0 aliphatic carbocycles. The Kier molecular flexibility index (Phi) is 4.46. The Labute approximate surface area is 117 Å². The molecule has 2 aliphatic rings. The maximum absolute atomic E-state index is 12.2. The van der Waals surface area contributed by atoms with Crippen molar-refractivity contribution in [2.45, 2.75) is 44.7 Å². The zero-order valence-corrected chi connectivity index (χ0v) is 11.6. The van der Waals surface area contributed by atoms with Gasteiger partial charge in [0.2, 0.25) is 5.91 Å². The molecule has 3 unspecified atom stereocenters. The molecule has 20 heavy (non-hydrogen) atoms. The van der Waals surface area contributed by atoms with Crippen molar-refractivity contribution in [3.05, 3.63) is 0 Å². The number of carbonyl (C=O) groups is 3. The summed E-state index contributed by atoms with van der Waals surface area (Å²) >= 11 is 0. The predicted octanol–water partition coefficient (Wildman–Crippen LogP) is 0.160. The van der Waals surface area contributed by atoms with E-state index in [-0.39, 0.29) is 23.9 Å². The molecule has 2 fully saturated rings. The lowest BCUT2D eigenvalue weighted by Crippen LogP contribution is -2.56. The molecule has 0 bridgehead atoms. The summed E-state index contributed by atoms with van der Waals surface area (Å²) in [6, 6.07) is -0.875. The minimum Gasteiger partial charge on any atom is -0.481 e. The molecule has 3 amide bonds. The molecule has 0 aromatic rings. The van der Waals surface area contributed by atoms with Gasteiger partial charge in [-0.15, -0.1) is 0 Å². The number of urea groups is 1. The molecular weight excluding hydrogens is 262 g/mol. The lowest BCUT2D eigenvalue weighted by atomic mass is 9.92. The summed E-state index contributed by atoms with van der Waals surface area (Å²) in [6.45, 7) is 2.92. The summed E-state index contributed by atoms with van der Waals surface area (Å²) in [5, 5.41) is 14.5. The van der Waals surface area contributed by atoms with E-state index < -0.39 is 12.0 Å². The number of nitrogens with one attached hydrogen (secondary N) is 2. The number of carboxylic acid groups (broad SMARTS) is 1. The van der Waals surface area contributed by atoms with Crippen LogP contribution in [-0.2, 0) is 9.59 Å². The van der Waals surface area contributed by atoms with Crippen molar-refractivity contribution in [1.29, 1.82) is 0 Å². The summed E-state index contributed by atoms with van der Waals surface area (Å²) in [5.74, 6) is -1.33. The summed E-state index contributed by atoms with van der Waals surface area (Å²) < 4.78 is 0. The number of carboxylic acids is 1. The first-order valence-corrected chi connectivity index (χ1v) is 7.06. The van der Waals surface area contributed by atoms with E-state index in [1.54, 1.807) is 4.90 Å². The van der Waals surface area contributed by atoms with E-state index in [2.05, 4.69) is 10.6 Å². The van der Waals surface area contributed by atoms with Crippen LogP contribution in [-0.4, -0.2) is 53.1 Å². The van der Waals surface area contributed by atoms with Gasteiger partial charge in [-0.3, -0.25) is 9.59 Å². The Morgan fingerprint density at radius 2 is 2.15 bits per heavy atom. The highest BCUT2D eigenvalue weighted by Crippen LogP contribution is 2.23. The van der Waals surface area contributed by atoms with Crippen molar-refractivity contribution in [2.75, 3.05) is 13.1 Å². The van der Waals surface area contributed by atoms with Crippen molar-refractivity contribution in [3.63, 3.8) is 0 Å². The predicted molar refractivity (Wildman–Crippen MR) is 71.1 cm³/mol. The van der Waals surface area contributed by atoms with Gasteiger partial charge in [0.15, 0.2) is 0 Å². The largest absolute Gasteiger partial charge is 0.481 e. The Balaban J connectivity index is 1.89. The second-order valence-electron chi connectivity index (χ2n) is 5.54. The van der Waals surface area contributed by atoms with Crippen molar-refractivity contribution in [2.24, 2.45) is 5.92 Å². The standard InChI is InChI=1S/C13H21N3O4/c1-8-7-9(12(18)19)4-6-16(8)13(20)15-10-3-2-5-14-11(10)17/h8-10H,2-7H2,1H3,(H,14,17)(H,15,20)(H,18,19). The third-order valence-electron chi connectivity index (χ3n) is 4.07. The zero-order chi connectivity index (χ0) is 14.7. The topological polar surface area (TPSA) is 98.7 Å². The van der Waals surface area contributed by atoms with Crippen LogP contribution in [0.4, 0.5) is 4.79 Å². The average molecular weight is 283 g/mol. The van der Waals surface area contributed by atoms with Gasteiger partial charge in [0.25, 0.3) is 0 Å². The third kappa shape index (κ3) is 3.20. The molecule has 3 N–H and O–H groups in total. The van der Waals surface area contributed by atoms with Crippen LogP contribution in [0.25, 0.3) is 0 Å². The molecule has 0 spiro atoms. The van der Waals surface area contributed by atoms with Gasteiger partial charge in [0.1, 0.15) is 6.04 Å². The van der Waals surface area contributed by atoms with Crippen LogP contribution < -0.4 is 10.6 Å². The second kappa shape index (κ2) is 6.11. The molecule has 7 nitrogen and oxygen atoms in total. The zero-order valence-electron chi connectivity index (χ0n) is 11.6. The van der Waals surface area contributed by atoms with E-state index in [9.17, 15) is 14.4 Å². The van der Waals surface area contributed by atoms with Crippen LogP contribution in [0.5, 0.6) is 0 Å². The Morgan fingerprint density at radius 3 is 2.75 bits per heavy atom. The molecule has 0 saturated carbocycles. The van der Waals surface area contributed by atoms with Crippen LogP contribution in [0, 0.1) is 5.92 Å². The molecule has 3 atom stereocenters. The van der Waals surface area contributed by atoms with E-state index in [0.717, 1.165) is 6.42 Å². The van der Waals surface area contributed by atoms with Crippen LogP contribution in [0.1, 0.15) is 32.6 Å². The fourth-order valence-electron chi connectivity index (χ4n) is 2.84. The van der Waals surface area contributed by atoms with Crippen molar-refractivity contribution in [3.8, 4) is 0 Å². The number of rotatable bonds is 2. The minimum atomic E-state index is -0.802. The van der Waals surface area contributed by atoms with E-state index in [0.29, 0.717) is 32.4 Å². The van der Waals surface area contributed by atoms with E-state index >= 15 is 0 Å². The number of amides is 3. The molecule has 2 aliphatic heterocycles. The van der Waals surface area contributed by atoms with Crippen LogP contribution >= 0.6 is 0 Å². The molecule has 2 saturated heterocycles. The van der Waals surface area contributed by atoms with Gasteiger partial charge in [-0.25, -0.2) is 4.79 Å². The molecule has 0 radical (unpaired) electrons. The number of hydrogen-bond donors (Lipinski definition) is 3. The minimum absolute atomic E-state index is 0.128. The summed E-state index contributed by atoms with van der Waals surface area (Å²) in [6.07, 6.45) is 2.43. The average Bonchev–Trinajstić information content (AvgIpc) is 2.41. The first-order valence-electron chi connectivity index (χ1n) is 7.06. The summed E-state index contributed by atoms with van der Waals surface area (Å²) in [7, 11) is 0. The van der Waals surface area contributed by atoms with Crippen LogP contribution in [0.2, 0.25) is 0 Å².